The second-order valence-electron chi connectivity index (χ2n) is 7.16. The second kappa shape index (κ2) is 10.0. The van der Waals surface area contributed by atoms with Crippen molar-refractivity contribution < 1.29 is 14.3 Å². The lowest BCUT2D eigenvalue weighted by Gasteiger charge is -2.28. The number of nitrogens with one attached hydrogen (secondary N) is 1. The zero-order valence-corrected chi connectivity index (χ0v) is 17.4. The first kappa shape index (κ1) is 20.8. The van der Waals surface area contributed by atoms with Gasteiger partial charge in [0.2, 0.25) is 5.95 Å². The number of anilines is 1. The molecule has 0 radical (unpaired) electrons. The third-order valence-electron chi connectivity index (χ3n) is 5.10. The summed E-state index contributed by atoms with van der Waals surface area (Å²) in [5.41, 5.74) is 1.97. The Morgan fingerprint density at radius 2 is 1.93 bits per heavy atom. The number of ether oxygens (including phenoxy) is 2. The van der Waals surface area contributed by atoms with Crippen molar-refractivity contribution in [2.75, 3.05) is 19.0 Å². The molecule has 1 aliphatic heterocycles. The first-order chi connectivity index (χ1) is 14.2. The van der Waals surface area contributed by atoms with Gasteiger partial charge in [0.15, 0.2) is 0 Å². The number of nitrogens with zero attached hydrogens (tertiary/aromatic N) is 4. The molecular formula is C21H29N5O3. The van der Waals surface area contributed by atoms with E-state index in [1.165, 1.54) is 25.7 Å². The third kappa shape index (κ3) is 4.75. The molecule has 1 aliphatic rings. The van der Waals surface area contributed by atoms with Crippen molar-refractivity contribution >= 4 is 11.9 Å². The van der Waals surface area contributed by atoms with E-state index in [0.717, 1.165) is 18.4 Å². The Morgan fingerprint density at radius 1 is 1.17 bits per heavy atom. The van der Waals surface area contributed by atoms with Gasteiger partial charge in [0, 0.05) is 11.3 Å². The van der Waals surface area contributed by atoms with Crippen molar-refractivity contribution in [1.29, 1.82) is 0 Å². The topological polar surface area (TPSA) is 91.2 Å². The zero-order chi connectivity index (χ0) is 20.6. The highest BCUT2D eigenvalue weighted by Gasteiger charge is 2.36. The number of hydrogen-bond acceptors (Lipinski definition) is 7. The number of fused-ring (bicyclic) bond motifs is 1. The Morgan fingerprint density at radius 3 is 2.72 bits per heavy atom. The van der Waals surface area contributed by atoms with E-state index in [1.54, 1.807) is 11.8 Å². The van der Waals surface area contributed by atoms with Crippen molar-refractivity contribution in [3.63, 3.8) is 0 Å². The van der Waals surface area contributed by atoms with Crippen molar-refractivity contribution in [1.82, 2.24) is 20.2 Å². The standard InChI is InChI=1S/C21H29N5O3/c1-4-5-6-7-8-11-14-29-20(27)18-15(2)22-21-23-24-25-26(21)19(18)16-12-9-10-13-17(16)28-3/h9-10,12-13,19H,4-8,11,14H2,1-3H3,(H,22,23,25)/t19-/m0/s1. The van der Waals surface area contributed by atoms with E-state index in [4.69, 9.17) is 9.47 Å². The molecule has 0 unspecified atom stereocenters. The molecule has 0 saturated heterocycles. The minimum absolute atomic E-state index is 0.361. The van der Waals surface area contributed by atoms with Gasteiger partial charge in [0.05, 0.1) is 19.3 Å². The van der Waals surface area contributed by atoms with Crippen LogP contribution in [0.4, 0.5) is 5.95 Å². The van der Waals surface area contributed by atoms with Gasteiger partial charge in [-0.3, -0.25) is 0 Å². The highest BCUT2D eigenvalue weighted by molar-refractivity contribution is 5.92. The molecule has 1 atom stereocenters. The number of methoxy groups -OCH3 is 1. The summed E-state index contributed by atoms with van der Waals surface area (Å²) in [5.74, 6) is 0.779. The Hall–Kier alpha value is -2.90. The number of aromatic nitrogens is 4. The van der Waals surface area contributed by atoms with Gasteiger partial charge in [-0.25, -0.2) is 4.79 Å². The zero-order valence-electron chi connectivity index (χ0n) is 17.4. The molecule has 2 aromatic rings. The third-order valence-corrected chi connectivity index (χ3v) is 5.10. The monoisotopic (exact) mass is 399 g/mol. The van der Waals surface area contributed by atoms with E-state index in [2.05, 4.69) is 27.8 Å². The maximum atomic E-state index is 13.0. The van der Waals surface area contributed by atoms with E-state index in [9.17, 15) is 4.79 Å². The van der Waals surface area contributed by atoms with E-state index >= 15 is 0 Å². The average molecular weight is 399 g/mol. The van der Waals surface area contributed by atoms with Crippen LogP contribution in [0.3, 0.4) is 0 Å². The molecule has 0 aliphatic carbocycles. The molecule has 1 N–H and O–H groups in total. The van der Waals surface area contributed by atoms with Crippen LogP contribution in [0.15, 0.2) is 35.5 Å². The van der Waals surface area contributed by atoms with Crippen LogP contribution in [-0.4, -0.2) is 39.9 Å². The lowest BCUT2D eigenvalue weighted by molar-refractivity contribution is -0.139. The van der Waals surface area contributed by atoms with Gasteiger partial charge in [-0.05, 0) is 29.8 Å². The molecule has 156 valence electrons. The Bertz CT molecular complexity index is 862. The molecule has 0 amide bonds. The van der Waals surface area contributed by atoms with Crippen LogP contribution in [0.25, 0.3) is 0 Å². The van der Waals surface area contributed by atoms with Crippen LogP contribution in [0.5, 0.6) is 5.75 Å². The molecule has 1 aromatic heterocycles. The summed E-state index contributed by atoms with van der Waals surface area (Å²) >= 11 is 0. The van der Waals surface area contributed by atoms with E-state index in [0.29, 0.717) is 29.6 Å². The van der Waals surface area contributed by atoms with Crippen LogP contribution in [-0.2, 0) is 9.53 Å². The van der Waals surface area contributed by atoms with Crippen LogP contribution in [0.1, 0.15) is 64.0 Å². The highest BCUT2D eigenvalue weighted by Crippen LogP contribution is 2.38. The smallest absolute Gasteiger partial charge is 0.338 e. The first-order valence-corrected chi connectivity index (χ1v) is 10.2. The number of unbranched alkanes of at least 4 members (excludes halogenated alkanes) is 5. The normalized spacial score (nSPS) is 15.6. The van der Waals surface area contributed by atoms with E-state index in [-0.39, 0.29) is 5.97 Å². The van der Waals surface area contributed by atoms with Gasteiger partial charge in [0.25, 0.3) is 0 Å². The summed E-state index contributed by atoms with van der Waals surface area (Å²) in [7, 11) is 1.60. The second-order valence-corrected chi connectivity index (χ2v) is 7.16. The Kier molecular flexibility index (Phi) is 7.21. The quantitative estimate of drug-likeness (QED) is 0.479. The van der Waals surface area contributed by atoms with Gasteiger partial charge in [-0.2, -0.15) is 4.68 Å². The van der Waals surface area contributed by atoms with Crippen LogP contribution in [0, 0.1) is 0 Å². The maximum Gasteiger partial charge on any atom is 0.338 e. The van der Waals surface area contributed by atoms with Gasteiger partial charge >= 0.3 is 5.97 Å². The number of allylic oxidation sites excluding steroid dienone is 1. The molecule has 8 heteroatoms. The molecule has 3 rings (SSSR count). The average Bonchev–Trinajstić information content (AvgIpc) is 3.19. The summed E-state index contributed by atoms with van der Waals surface area (Å²) in [5, 5.41) is 15.0. The number of esters is 1. The molecule has 2 heterocycles. The molecule has 0 fully saturated rings. The summed E-state index contributed by atoms with van der Waals surface area (Å²) in [4.78, 5) is 13.0. The van der Waals surface area contributed by atoms with Crippen LogP contribution in [0.2, 0.25) is 0 Å². The fourth-order valence-corrected chi connectivity index (χ4v) is 3.58. The summed E-state index contributed by atoms with van der Waals surface area (Å²) in [6.07, 6.45) is 6.82. The molecule has 29 heavy (non-hydrogen) atoms. The number of carbonyl (C=O) groups is 1. The molecule has 8 nitrogen and oxygen atoms in total. The molecule has 1 aromatic carbocycles. The van der Waals surface area contributed by atoms with Crippen molar-refractivity contribution in [3.8, 4) is 5.75 Å². The lowest BCUT2D eigenvalue weighted by atomic mass is 9.95. The number of hydrogen-bond donors (Lipinski definition) is 1. The lowest BCUT2D eigenvalue weighted by Crippen LogP contribution is -2.30. The van der Waals surface area contributed by atoms with Gasteiger partial charge < -0.3 is 14.8 Å². The highest BCUT2D eigenvalue weighted by atomic mass is 16.5. The van der Waals surface area contributed by atoms with E-state index < -0.39 is 6.04 Å². The predicted molar refractivity (Wildman–Crippen MR) is 110 cm³/mol. The molecule has 0 saturated carbocycles. The van der Waals surface area contributed by atoms with Crippen molar-refractivity contribution in [2.45, 2.75) is 58.4 Å². The van der Waals surface area contributed by atoms with Gasteiger partial charge in [0.1, 0.15) is 11.8 Å². The molecular weight excluding hydrogens is 370 g/mol. The summed E-state index contributed by atoms with van der Waals surface area (Å²) < 4.78 is 12.7. The van der Waals surface area contributed by atoms with Gasteiger partial charge in [-0.1, -0.05) is 62.3 Å². The SMILES string of the molecule is CCCCCCCCOC(=O)C1=C(C)Nc2nnnn2[C@H]1c1ccccc1OC. The fourth-order valence-electron chi connectivity index (χ4n) is 3.58. The predicted octanol–water partition coefficient (Wildman–Crippen LogP) is 3.87. The number of tetrazole rings is 1. The Balaban J connectivity index is 1.77. The molecule has 0 bridgehead atoms. The minimum atomic E-state index is -0.519. The Labute approximate surface area is 171 Å². The fraction of sp³-hybridized carbons (Fsp3) is 0.524. The number of rotatable bonds is 10. The molecule has 0 spiro atoms. The van der Waals surface area contributed by atoms with Crippen LogP contribution < -0.4 is 10.1 Å². The number of carbonyl (C=O) groups excluding carboxylic acids is 1. The maximum absolute atomic E-state index is 13.0. The minimum Gasteiger partial charge on any atom is -0.496 e. The van der Waals surface area contributed by atoms with Gasteiger partial charge in [-0.15, -0.1) is 0 Å². The van der Waals surface area contributed by atoms with Crippen molar-refractivity contribution in [3.05, 3.63) is 41.1 Å². The first-order valence-electron chi connectivity index (χ1n) is 10.2. The number of para-hydroxylation sites is 1. The van der Waals surface area contributed by atoms with Crippen LogP contribution >= 0.6 is 0 Å². The largest absolute Gasteiger partial charge is 0.496 e. The summed E-state index contributed by atoms with van der Waals surface area (Å²) in [6, 6.07) is 7.04. The van der Waals surface area contributed by atoms with Crippen molar-refractivity contribution in [2.24, 2.45) is 0 Å². The summed E-state index contributed by atoms with van der Waals surface area (Å²) in [6.45, 7) is 4.44. The van der Waals surface area contributed by atoms with E-state index in [1.807, 2.05) is 31.2 Å². The number of benzene rings is 1.